The van der Waals surface area contributed by atoms with Crippen molar-refractivity contribution in [2.75, 3.05) is 11.4 Å². The molecule has 0 aliphatic carbocycles. The molecule has 3 aromatic rings. The van der Waals surface area contributed by atoms with Crippen molar-refractivity contribution in [2.45, 2.75) is 26.9 Å². The lowest BCUT2D eigenvalue weighted by Gasteiger charge is -2.16. The lowest BCUT2D eigenvalue weighted by atomic mass is 10.2. The van der Waals surface area contributed by atoms with E-state index in [1.165, 1.54) is 11.5 Å². The zero-order valence-electron chi connectivity index (χ0n) is 14.9. The second-order valence-corrected chi connectivity index (χ2v) is 6.66. The van der Waals surface area contributed by atoms with Crippen LogP contribution in [0.4, 0.5) is 11.6 Å². The molecule has 1 aromatic carbocycles. The third-order valence-electron chi connectivity index (χ3n) is 4.73. The van der Waals surface area contributed by atoms with Gasteiger partial charge in [0.1, 0.15) is 5.78 Å². The zero-order chi connectivity index (χ0) is 18.6. The molecule has 0 amide bonds. The van der Waals surface area contributed by atoms with Crippen LogP contribution in [0.5, 0.6) is 0 Å². The van der Waals surface area contributed by atoms with Gasteiger partial charge >= 0.3 is 5.69 Å². The molecule has 8 heteroatoms. The third kappa shape index (κ3) is 2.29. The quantitative estimate of drug-likeness (QED) is 0.700. The number of carbonyl (C=O) groups is 1. The van der Waals surface area contributed by atoms with Gasteiger partial charge in [-0.1, -0.05) is 17.7 Å². The van der Waals surface area contributed by atoms with E-state index in [9.17, 15) is 14.4 Å². The maximum atomic E-state index is 12.9. The average molecular weight is 353 g/mol. The van der Waals surface area contributed by atoms with Crippen LogP contribution in [-0.4, -0.2) is 31.0 Å². The van der Waals surface area contributed by atoms with Gasteiger partial charge in [0.15, 0.2) is 11.2 Å². The van der Waals surface area contributed by atoms with E-state index in [-0.39, 0.29) is 12.3 Å². The van der Waals surface area contributed by atoms with Crippen molar-refractivity contribution in [3.05, 3.63) is 50.7 Å². The van der Waals surface area contributed by atoms with Gasteiger partial charge < -0.3 is 9.47 Å². The summed E-state index contributed by atoms with van der Waals surface area (Å²) in [7, 11) is 1.57. The number of nitrogens with zero attached hydrogens (tertiary/aromatic N) is 5. The van der Waals surface area contributed by atoms with Gasteiger partial charge in [-0.3, -0.25) is 18.7 Å². The maximum Gasteiger partial charge on any atom is 0.332 e. The fourth-order valence-electron chi connectivity index (χ4n) is 3.41. The summed E-state index contributed by atoms with van der Waals surface area (Å²) in [5.41, 5.74) is 1.85. The van der Waals surface area contributed by atoms with Crippen molar-refractivity contribution < 1.29 is 4.79 Å². The summed E-state index contributed by atoms with van der Waals surface area (Å²) < 4.78 is 4.14. The number of hydrogen-bond acceptors (Lipinski definition) is 5. The highest BCUT2D eigenvalue weighted by Crippen LogP contribution is 2.31. The summed E-state index contributed by atoms with van der Waals surface area (Å²) >= 11 is 0. The van der Waals surface area contributed by atoms with Crippen LogP contribution < -0.4 is 16.1 Å². The molecule has 1 aliphatic rings. The minimum Gasteiger partial charge on any atom is -0.310 e. The molecular weight excluding hydrogens is 334 g/mol. The Morgan fingerprint density at radius 2 is 1.85 bits per heavy atom. The van der Waals surface area contributed by atoms with Gasteiger partial charge in [-0.2, -0.15) is 4.98 Å². The van der Waals surface area contributed by atoms with Crippen LogP contribution in [0.1, 0.15) is 12.5 Å². The molecule has 4 rings (SSSR count). The summed E-state index contributed by atoms with van der Waals surface area (Å²) in [4.78, 5) is 43.4. The minimum atomic E-state index is -0.531. The van der Waals surface area contributed by atoms with Crippen molar-refractivity contribution in [1.29, 1.82) is 0 Å². The molecule has 8 nitrogen and oxygen atoms in total. The number of aryl methyl sites for hydroxylation is 2. The zero-order valence-corrected chi connectivity index (χ0v) is 14.9. The first-order valence-corrected chi connectivity index (χ1v) is 8.42. The molecule has 0 atom stereocenters. The SMILES string of the molecule is CC(=O)Cn1c(=O)c2c(nc3n2CCN3c2ccc(C)cc2)n(C)c1=O. The first-order valence-electron chi connectivity index (χ1n) is 8.42. The Morgan fingerprint density at radius 1 is 1.15 bits per heavy atom. The second kappa shape index (κ2) is 5.69. The molecule has 3 heterocycles. The predicted molar refractivity (Wildman–Crippen MR) is 98.1 cm³/mol. The number of anilines is 2. The van der Waals surface area contributed by atoms with Gasteiger partial charge in [-0.15, -0.1) is 0 Å². The van der Waals surface area contributed by atoms with Crippen molar-refractivity contribution in [3.8, 4) is 0 Å². The van der Waals surface area contributed by atoms with Crippen LogP contribution in [-0.2, 0) is 24.9 Å². The largest absolute Gasteiger partial charge is 0.332 e. The number of fused-ring (bicyclic) bond motifs is 3. The summed E-state index contributed by atoms with van der Waals surface area (Å²) in [6.45, 7) is 4.43. The van der Waals surface area contributed by atoms with Gasteiger partial charge in [-0.25, -0.2) is 4.79 Å². The van der Waals surface area contributed by atoms with Gasteiger partial charge in [0, 0.05) is 25.8 Å². The van der Waals surface area contributed by atoms with E-state index < -0.39 is 11.2 Å². The lowest BCUT2D eigenvalue weighted by Crippen LogP contribution is -2.41. The Bertz CT molecular complexity index is 1150. The van der Waals surface area contributed by atoms with Gasteiger partial charge in [0.25, 0.3) is 5.56 Å². The van der Waals surface area contributed by atoms with Crippen LogP contribution in [0.2, 0.25) is 0 Å². The number of imidazole rings is 1. The topological polar surface area (TPSA) is 82.1 Å². The molecule has 2 aromatic heterocycles. The fraction of sp³-hybridized carbons (Fsp3) is 0.333. The summed E-state index contributed by atoms with van der Waals surface area (Å²) in [6.07, 6.45) is 0. The molecule has 0 spiro atoms. The first-order chi connectivity index (χ1) is 12.4. The van der Waals surface area contributed by atoms with Crippen molar-refractivity contribution in [1.82, 2.24) is 18.7 Å². The van der Waals surface area contributed by atoms with Gasteiger partial charge in [0.2, 0.25) is 5.95 Å². The number of aromatic nitrogens is 4. The highest BCUT2D eigenvalue weighted by atomic mass is 16.2. The maximum absolute atomic E-state index is 12.9. The third-order valence-corrected chi connectivity index (χ3v) is 4.73. The molecule has 0 bridgehead atoms. The number of Topliss-reactive ketones (excluding diaryl/α,β-unsaturated/α-hetero) is 1. The molecule has 0 saturated carbocycles. The molecule has 0 N–H and O–H groups in total. The Hall–Kier alpha value is -3.16. The summed E-state index contributed by atoms with van der Waals surface area (Å²) in [5.74, 6) is 0.391. The highest BCUT2D eigenvalue weighted by Gasteiger charge is 2.28. The fourth-order valence-corrected chi connectivity index (χ4v) is 3.41. The Kier molecular flexibility index (Phi) is 3.57. The van der Waals surface area contributed by atoms with Crippen molar-refractivity contribution >= 4 is 28.6 Å². The van der Waals surface area contributed by atoms with Gasteiger partial charge in [0.05, 0.1) is 6.54 Å². The van der Waals surface area contributed by atoms with Crippen molar-refractivity contribution in [3.63, 3.8) is 0 Å². The normalized spacial score (nSPS) is 13.4. The van der Waals surface area contributed by atoms with E-state index in [1.54, 1.807) is 7.05 Å². The van der Waals surface area contributed by atoms with E-state index in [2.05, 4.69) is 4.98 Å². The monoisotopic (exact) mass is 353 g/mol. The average Bonchev–Trinajstić information content (AvgIpc) is 3.16. The summed E-state index contributed by atoms with van der Waals surface area (Å²) in [6, 6.07) is 8.07. The molecule has 26 heavy (non-hydrogen) atoms. The van der Waals surface area contributed by atoms with Crippen LogP contribution >= 0.6 is 0 Å². The number of ketones is 1. The molecule has 0 unspecified atom stereocenters. The van der Waals surface area contributed by atoms with Crippen LogP contribution in [0, 0.1) is 6.92 Å². The number of hydrogen-bond donors (Lipinski definition) is 0. The van der Waals surface area contributed by atoms with E-state index >= 15 is 0 Å². The summed E-state index contributed by atoms with van der Waals surface area (Å²) in [5, 5.41) is 0. The Balaban J connectivity index is 1.95. The van der Waals surface area contributed by atoms with E-state index in [0.717, 1.165) is 15.8 Å². The number of benzene rings is 1. The molecular formula is C18H19N5O3. The Morgan fingerprint density at radius 3 is 2.50 bits per heavy atom. The molecule has 0 saturated heterocycles. The van der Waals surface area contributed by atoms with E-state index in [4.69, 9.17) is 0 Å². The minimum absolute atomic E-state index is 0.233. The molecule has 0 fully saturated rings. The first kappa shape index (κ1) is 16.3. The lowest BCUT2D eigenvalue weighted by molar-refractivity contribution is -0.117. The molecule has 0 radical (unpaired) electrons. The highest BCUT2D eigenvalue weighted by molar-refractivity contribution is 5.79. The van der Waals surface area contributed by atoms with E-state index in [0.29, 0.717) is 30.2 Å². The number of rotatable bonds is 3. The van der Waals surface area contributed by atoms with E-state index in [1.807, 2.05) is 40.7 Å². The smallest absolute Gasteiger partial charge is 0.310 e. The molecule has 1 aliphatic heterocycles. The second-order valence-electron chi connectivity index (χ2n) is 6.66. The Labute approximate surface area is 148 Å². The predicted octanol–water partition coefficient (Wildman–Crippen LogP) is 0.946. The van der Waals surface area contributed by atoms with Crippen LogP contribution in [0.15, 0.2) is 33.9 Å². The van der Waals surface area contributed by atoms with Gasteiger partial charge in [-0.05, 0) is 26.0 Å². The van der Waals surface area contributed by atoms with Crippen molar-refractivity contribution in [2.24, 2.45) is 7.05 Å². The van der Waals surface area contributed by atoms with Crippen LogP contribution in [0.25, 0.3) is 11.2 Å². The van der Waals surface area contributed by atoms with Crippen LogP contribution in [0.3, 0.4) is 0 Å². The number of carbonyl (C=O) groups excluding carboxylic acids is 1. The molecule has 134 valence electrons. The standard InChI is InChI=1S/C18H19N5O3/c1-11-4-6-13(7-5-11)21-8-9-22-14-15(19-17(21)22)20(3)18(26)23(16(14)25)10-12(2)24/h4-7H,8-10H2,1-3H3.